The fourth-order valence-electron chi connectivity index (χ4n) is 2.32. The number of ether oxygens (including phenoxy) is 1. The number of nitrogens with zero attached hydrogens (tertiary/aromatic N) is 1. The fourth-order valence-corrected chi connectivity index (χ4v) is 2.32. The number of carbonyl (C=O) groups is 1. The van der Waals surface area contributed by atoms with Crippen LogP contribution in [0.15, 0.2) is 34.9 Å². The van der Waals surface area contributed by atoms with Gasteiger partial charge in [0.15, 0.2) is 5.76 Å². The molecule has 0 aliphatic heterocycles. The average Bonchev–Trinajstić information content (AvgIpc) is 3.02. The average molecular weight is 302 g/mol. The van der Waals surface area contributed by atoms with Crippen molar-refractivity contribution in [3.8, 4) is 5.75 Å². The first-order valence-electron chi connectivity index (χ1n) is 7.55. The van der Waals surface area contributed by atoms with Crippen LogP contribution < -0.4 is 10.1 Å². The maximum absolute atomic E-state index is 12.1. The van der Waals surface area contributed by atoms with E-state index in [1.54, 1.807) is 31.4 Å². The first-order valence-corrected chi connectivity index (χ1v) is 7.55. The summed E-state index contributed by atoms with van der Waals surface area (Å²) < 4.78 is 10.4. The van der Waals surface area contributed by atoms with Crippen molar-refractivity contribution in [3.63, 3.8) is 0 Å². The lowest BCUT2D eigenvalue weighted by molar-refractivity contribution is 0.0947. The highest BCUT2D eigenvalue weighted by Gasteiger charge is 2.13. The van der Waals surface area contributed by atoms with Crippen molar-refractivity contribution in [1.29, 1.82) is 0 Å². The molecule has 5 nitrogen and oxygen atoms in total. The second-order valence-corrected chi connectivity index (χ2v) is 5.14. The van der Waals surface area contributed by atoms with E-state index in [9.17, 15) is 4.79 Å². The number of hydrogen-bond donors (Lipinski definition) is 1. The molecule has 1 aromatic carbocycles. The van der Waals surface area contributed by atoms with Crippen LogP contribution in [0.3, 0.4) is 0 Å². The standard InChI is InChI=1S/C17H22N2O3/c1-4-12(5-2)16-10-15(22-19-16)11-18-17(20)13-6-8-14(21-3)9-7-13/h6-10,12H,4-5,11H2,1-3H3,(H,18,20). The number of benzene rings is 1. The van der Waals surface area contributed by atoms with Crippen molar-refractivity contribution >= 4 is 5.91 Å². The lowest BCUT2D eigenvalue weighted by Gasteiger charge is -2.06. The van der Waals surface area contributed by atoms with Crippen LogP contribution >= 0.6 is 0 Å². The molecule has 5 heteroatoms. The van der Waals surface area contributed by atoms with Crippen molar-refractivity contribution < 1.29 is 14.1 Å². The first kappa shape index (κ1) is 16.1. The van der Waals surface area contributed by atoms with E-state index in [-0.39, 0.29) is 5.91 Å². The summed E-state index contributed by atoms with van der Waals surface area (Å²) in [5, 5.41) is 6.92. The van der Waals surface area contributed by atoms with Gasteiger partial charge in [-0.2, -0.15) is 0 Å². The van der Waals surface area contributed by atoms with Gasteiger partial charge in [0.05, 0.1) is 19.3 Å². The largest absolute Gasteiger partial charge is 0.497 e. The topological polar surface area (TPSA) is 64.4 Å². The molecule has 0 saturated carbocycles. The molecule has 0 aliphatic carbocycles. The van der Waals surface area contributed by atoms with Gasteiger partial charge in [-0.3, -0.25) is 4.79 Å². The Bertz CT molecular complexity index is 601. The van der Waals surface area contributed by atoms with Gasteiger partial charge in [-0.15, -0.1) is 0 Å². The van der Waals surface area contributed by atoms with Crippen molar-refractivity contribution in [2.45, 2.75) is 39.2 Å². The van der Waals surface area contributed by atoms with E-state index < -0.39 is 0 Å². The summed E-state index contributed by atoms with van der Waals surface area (Å²) in [7, 11) is 1.59. The van der Waals surface area contributed by atoms with Crippen LogP contribution in [-0.2, 0) is 6.54 Å². The monoisotopic (exact) mass is 302 g/mol. The van der Waals surface area contributed by atoms with Gasteiger partial charge in [0.25, 0.3) is 5.91 Å². The third-order valence-corrected chi connectivity index (χ3v) is 3.76. The van der Waals surface area contributed by atoms with Gasteiger partial charge in [-0.1, -0.05) is 19.0 Å². The number of hydrogen-bond acceptors (Lipinski definition) is 4. The van der Waals surface area contributed by atoms with E-state index in [4.69, 9.17) is 9.26 Å². The van der Waals surface area contributed by atoms with Gasteiger partial charge >= 0.3 is 0 Å². The first-order chi connectivity index (χ1) is 10.7. The molecule has 0 atom stereocenters. The van der Waals surface area contributed by atoms with Gasteiger partial charge in [0.1, 0.15) is 5.75 Å². The van der Waals surface area contributed by atoms with Gasteiger partial charge in [-0.05, 0) is 37.1 Å². The molecule has 118 valence electrons. The smallest absolute Gasteiger partial charge is 0.251 e. The normalized spacial score (nSPS) is 10.7. The highest BCUT2D eigenvalue weighted by molar-refractivity contribution is 5.94. The van der Waals surface area contributed by atoms with E-state index in [0.29, 0.717) is 23.8 Å². The Labute approximate surface area is 130 Å². The van der Waals surface area contributed by atoms with Gasteiger partial charge < -0.3 is 14.6 Å². The summed E-state index contributed by atoms with van der Waals surface area (Å²) in [4.78, 5) is 12.1. The third-order valence-electron chi connectivity index (χ3n) is 3.76. The van der Waals surface area contributed by atoms with Crippen molar-refractivity contribution in [2.24, 2.45) is 0 Å². The number of amides is 1. The highest BCUT2D eigenvalue weighted by atomic mass is 16.5. The molecule has 2 aromatic rings. The summed E-state index contributed by atoms with van der Waals surface area (Å²) in [6, 6.07) is 8.89. The molecule has 0 spiro atoms. The molecular weight excluding hydrogens is 280 g/mol. The minimum Gasteiger partial charge on any atom is -0.497 e. The Morgan fingerprint density at radius 3 is 2.55 bits per heavy atom. The van der Waals surface area contributed by atoms with Gasteiger partial charge in [0, 0.05) is 17.5 Å². The van der Waals surface area contributed by atoms with Crippen LogP contribution in [0.25, 0.3) is 0 Å². The third kappa shape index (κ3) is 3.87. The fraction of sp³-hybridized carbons (Fsp3) is 0.412. The van der Waals surface area contributed by atoms with Crippen molar-refractivity contribution in [2.75, 3.05) is 7.11 Å². The van der Waals surface area contributed by atoms with Crippen molar-refractivity contribution in [1.82, 2.24) is 10.5 Å². The zero-order valence-electron chi connectivity index (χ0n) is 13.3. The van der Waals surface area contributed by atoms with Crippen molar-refractivity contribution in [3.05, 3.63) is 47.3 Å². The highest BCUT2D eigenvalue weighted by Crippen LogP contribution is 2.22. The van der Waals surface area contributed by atoms with Gasteiger partial charge in [0.2, 0.25) is 0 Å². The molecule has 22 heavy (non-hydrogen) atoms. The molecule has 1 amide bonds. The zero-order chi connectivity index (χ0) is 15.9. The Morgan fingerprint density at radius 2 is 1.95 bits per heavy atom. The number of carbonyl (C=O) groups excluding carboxylic acids is 1. The summed E-state index contributed by atoms with van der Waals surface area (Å²) in [6.45, 7) is 4.60. The van der Waals surface area contributed by atoms with Crippen LogP contribution in [-0.4, -0.2) is 18.2 Å². The van der Waals surface area contributed by atoms with Crippen LogP contribution in [0.1, 0.15) is 54.4 Å². The van der Waals surface area contributed by atoms with E-state index in [2.05, 4.69) is 24.3 Å². The molecule has 0 bridgehead atoms. The van der Waals surface area contributed by atoms with E-state index in [1.165, 1.54) is 0 Å². The number of rotatable bonds is 7. The molecule has 0 aliphatic rings. The zero-order valence-corrected chi connectivity index (χ0v) is 13.3. The predicted octanol–water partition coefficient (Wildman–Crippen LogP) is 3.52. The molecule has 1 aromatic heterocycles. The molecule has 2 rings (SSSR count). The molecule has 1 heterocycles. The summed E-state index contributed by atoms with van der Waals surface area (Å²) >= 11 is 0. The predicted molar refractivity (Wildman–Crippen MR) is 84.0 cm³/mol. The summed E-state index contributed by atoms with van der Waals surface area (Å²) in [5.74, 6) is 1.66. The van der Waals surface area contributed by atoms with Crippen LogP contribution in [0.5, 0.6) is 5.75 Å². The molecule has 0 saturated heterocycles. The van der Waals surface area contributed by atoms with E-state index in [1.807, 2.05) is 6.07 Å². The maximum atomic E-state index is 12.1. The van der Waals surface area contributed by atoms with Gasteiger partial charge in [-0.25, -0.2) is 0 Å². The Hall–Kier alpha value is -2.30. The van der Waals surface area contributed by atoms with Crippen LogP contribution in [0, 0.1) is 0 Å². The quantitative estimate of drug-likeness (QED) is 0.850. The molecule has 0 unspecified atom stereocenters. The second kappa shape index (κ2) is 7.64. The Kier molecular flexibility index (Phi) is 5.58. The lowest BCUT2D eigenvalue weighted by atomic mass is 9.99. The Balaban J connectivity index is 1.93. The Morgan fingerprint density at radius 1 is 1.27 bits per heavy atom. The molecule has 1 N–H and O–H groups in total. The number of aromatic nitrogens is 1. The SMILES string of the molecule is CCC(CC)c1cc(CNC(=O)c2ccc(OC)cc2)on1. The van der Waals surface area contributed by atoms with Crippen LogP contribution in [0.2, 0.25) is 0 Å². The summed E-state index contributed by atoms with van der Waals surface area (Å²) in [6.07, 6.45) is 2.06. The molecule has 0 fully saturated rings. The van der Waals surface area contributed by atoms with E-state index >= 15 is 0 Å². The minimum absolute atomic E-state index is 0.150. The maximum Gasteiger partial charge on any atom is 0.251 e. The summed E-state index contributed by atoms with van der Waals surface area (Å²) in [5.41, 5.74) is 1.54. The number of methoxy groups -OCH3 is 1. The van der Waals surface area contributed by atoms with E-state index in [0.717, 1.165) is 24.3 Å². The molecule has 0 radical (unpaired) electrons. The number of nitrogens with one attached hydrogen (secondary N) is 1. The lowest BCUT2D eigenvalue weighted by Crippen LogP contribution is -2.22. The second-order valence-electron chi connectivity index (χ2n) is 5.14. The molecular formula is C17H22N2O3. The van der Waals surface area contributed by atoms with Crippen LogP contribution in [0.4, 0.5) is 0 Å². The minimum atomic E-state index is -0.150.